The van der Waals surface area contributed by atoms with E-state index in [1.807, 2.05) is 0 Å². The summed E-state index contributed by atoms with van der Waals surface area (Å²) in [4.78, 5) is 0. The fraction of sp³-hybridized carbons (Fsp3) is 1.00. The van der Waals surface area contributed by atoms with Crippen molar-refractivity contribution in [2.24, 2.45) is 21.7 Å². The SMILES string of the molecule is CC(C)(C)CN1C2CCCCC2N(CC(C)(C)C)P1CCP1N(CC(C)(C)C)C2CCCCC2N1CC(C)(C)C. The molecule has 4 aliphatic rings. The lowest BCUT2D eigenvalue weighted by atomic mass is 9.87. The largest absolute Gasteiger partial charge is 0.265 e. The zero-order valence-electron chi connectivity index (χ0n) is 28.9. The van der Waals surface area contributed by atoms with Gasteiger partial charge in [-0.1, -0.05) is 109 Å². The van der Waals surface area contributed by atoms with Gasteiger partial charge in [0.05, 0.1) is 0 Å². The number of nitrogens with zero attached hydrogens (tertiary/aromatic N) is 4. The van der Waals surface area contributed by atoms with Gasteiger partial charge < -0.3 is 0 Å². The van der Waals surface area contributed by atoms with E-state index in [2.05, 4.69) is 102 Å². The van der Waals surface area contributed by atoms with Crippen LogP contribution in [0.2, 0.25) is 0 Å². The minimum absolute atomic E-state index is 0.263. The molecular formula is C34H68N4P2. The van der Waals surface area contributed by atoms with Crippen molar-refractivity contribution in [3.05, 3.63) is 0 Å². The molecule has 2 aliphatic carbocycles. The number of hydrogen-bond acceptors (Lipinski definition) is 4. The van der Waals surface area contributed by atoms with Crippen molar-refractivity contribution >= 4 is 16.4 Å². The average Bonchev–Trinajstić information content (AvgIpc) is 3.21. The summed E-state index contributed by atoms with van der Waals surface area (Å²) in [5.74, 6) is 0. The van der Waals surface area contributed by atoms with Crippen LogP contribution in [0.3, 0.4) is 0 Å². The molecular weight excluding hydrogens is 526 g/mol. The highest BCUT2D eigenvalue weighted by atomic mass is 31.1. The van der Waals surface area contributed by atoms with Crippen LogP contribution in [0.4, 0.5) is 0 Å². The Bertz CT molecular complexity index is 688. The van der Waals surface area contributed by atoms with Gasteiger partial charge in [0, 0.05) is 79.1 Å². The van der Waals surface area contributed by atoms with Crippen LogP contribution in [0.25, 0.3) is 0 Å². The Balaban J connectivity index is 1.66. The van der Waals surface area contributed by atoms with Gasteiger partial charge in [0.1, 0.15) is 0 Å². The third kappa shape index (κ3) is 8.66. The van der Waals surface area contributed by atoms with Gasteiger partial charge in [-0.3, -0.25) is 18.7 Å². The van der Waals surface area contributed by atoms with E-state index >= 15 is 0 Å². The van der Waals surface area contributed by atoms with Gasteiger partial charge in [0.2, 0.25) is 0 Å². The molecule has 0 bridgehead atoms. The van der Waals surface area contributed by atoms with E-state index in [-0.39, 0.29) is 16.4 Å². The first-order valence-electron chi connectivity index (χ1n) is 16.9. The second-order valence-electron chi connectivity index (χ2n) is 18.7. The third-order valence-corrected chi connectivity index (χ3v) is 14.9. The van der Waals surface area contributed by atoms with E-state index < -0.39 is 0 Å². The van der Waals surface area contributed by atoms with E-state index in [0.717, 1.165) is 24.2 Å². The molecule has 4 unspecified atom stereocenters. The second kappa shape index (κ2) is 12.6. The van der Waals surface area contributed by atoms with Crippen LogP contribution >= 0.6 is 16.4 Å². The van der Waals surface area contributed by atoms with Crippen molar-refractivity contribution < 1.29 is 0 Å². The fourth-order valence-corrected chi connectivity index (χ4v) is 15.8. The van der Waals surface area contributed by atoms with Crippen LogP contribution in [0, 0.1) is 21.7 Å². The maximum absolute atomic E-state index is 3.10. The zero-order valence-corrected chi connectivity index (χ0v) is 30.7. The van der Waals surface area contributed by atoms with Gasteiger partial charge in [0.25, 0.3) is 0 Å². The molecule has 2 saturated heterocycles. The minimum atomic E-state index is -0.263. The summed E-state index contributed by atoms with van der Waals surface area (Å²) >= 11 is 0. The van der Waals surface area contributed by atoms with Crippen molar-refractivity contribution in [2.75, 3.05) is 38.5 Å². The molecule has 4 fully saturated rings. The summed E-state index contributed by atoms with van der Waals surface area (Å²) in [7, 11) is -0.527. The van der Waals surface area contributed by atoms with Crippen LogP contribution in [-0.2, 0) is 0 Å². The van der Waals surface area contributed by atoms with Crippen LogP contribution in [0.15, 0.2) is 0 Å². The van der Waals surface area contributed by atoms with Crippen molar-refractivity contribution in [2.45, 2.75) is 159 Å². The van der Waals surface area contributed by atoms with Crippen molar-refractivity contribution in [1.29, 1.82) is 0 Å². The first-order chi connectivity index (χ1) is 18.3. The van der Waals surface area contributed by atoms with Crippen LogP contribution in [-0.4, -0.2) is 81.4 Å². The molecule has 0 aromatic carbocycles. The first kappa shape index (κ1) is 33.6. The number of rotatable bonds is 7. The molecule has 0 radical (unpaired) electrons. The lowest BCUT2D eigenvalue weighted by molar-refractivity contribution is 0.159. The Morgan fingerprint density at radius 2 is 0.600 bits per heavy atom. The molecule has 2 aliphatic heterocycles. The molecule has 0 aromatic rings. The van der Waals surface area contributed by atoms with E-state index in [0.29, 0.717) is 21.7 Å². The Hall–Kier alpha value is 0.700. The Morgan fingerprint density at radius 1 is 0.400 bits per heavy atom. The molecule has 2 saturated carbocycles. The Labute approximate surface area is 253 Å². The van der Waals surface area contributed by atoms with Crippen LogP contribution in [0.5, 0.6) is 0 Å². The molecule has 4 rings (SSSR count). The monoisotopic (exact) mass is 594 g/mol. The van der Waals surface area contributed by atoms with Gasteiger partial charge in [-0.2, -0.15) is 0 Å². The number of fused-ring (bicyclic) bond motifs is 2. The van der Waals surface area contributed by atoms with Gasteiger partial charge in [-0.05, 0) is 47.3 Å². The maximum Gasteiger partial charge on any atom is 0.0405 e. The molecule has 0 N–H and O–H groups in total. The summed E-state index contributed by atoms with van der Waals surface area (Å²) < 4.78 is 12.4. The summed E-state index contributed by atoms with van der Waals surface area (Å²) in [6, 6.07) is 3.15. The van der Waals surface area contributed by atoms with Crippen LogP contribution in [0.1, 0.15) is 134 Å². The maximum atomic E-state index is 3.10. The molecule has 40 heavy (non-hydrogen) atoms. The molecule has 6 heteroatoms. The summed E-state index contributed by atoms with van der Waals surface area (Å²) in [5, 5.41) is 0. The lowest BCUT2D eigenvalue weighted by Gasteiger charge is -2.41. The Morgan fingerprint density at radius 3 is 0.775 bits per heavy atom. The van der Waals surface area contributed by atoms with E-state index in [9.17, 15) is 0 Å². The number of hydrogen-bond donors (Lipinski definition) is 0. The predicted molar refractivity (Wildman–Crippen MR) is 180 cm³/mol. The summed E-state index contributed by atoms with van der Waals surface area (Å²) in [6.45, 7) is 34.8. The molecule has 234 valence electrons. The fourth-order valence-electron chi connectivity index (χ4n) is 7.99. The zero-order chi connectivity index (χ0) is 29.7. The van der Waals surface area contributed by atoms with Gasteiger partial charge >= 0.3 is 0 Å². The first-order valence-corrected chi connectivity index (χ1v) is 19.8. The summed E-state index contributed by atoms with van der Waals surface area (Å²) in [5.41, 5.74) is 1.41. The highest BCUT2D eigenvalue weighted by Gasteiger charge is 2.52. The minimum Gasteiger partial charge on any atom is -0.265 e. The summed E-state index contributed by atoms with van der Waals surface area (Å²) in [6.07, 6.45) is 14.2. The second-order valence-corrected chi connectivity index (χ2v) is 23.1. The van der Waals surface area contributed by atoms with Gasteiger partial charge in [0.15, 0.2) is 0 Å². The quantitative estimate of drug-likeness (QED) is 0.272. The Kier molecular flexibility index (Phi) is 10.6. The third-order valence-electron chi connectivity index (χ3n) is 9.15. The molecule has 4 nitrogen and oxygen atoms in total. The molecule has 0 spiro atoms. The van der Waals surface area contributed by atoms with Crippen molar-refractivity contribution in [3.63, 3.8) is 0 Å². The van der Waals surface area contributed by atoms with Crippen molar-refractivity contribution in [1.82, 2.24) is 18.7 Å². The van der Waals surface area contributed by atoms with E-state index in [1.54, 1.807) is 0 Å². The predicted octanol–water partition coefficient (Wildman–Crippen LogP) is 9.65. The molecule has 0 amide bonds. The van der Waals surface area contributed by atoms with E-state index in [1.165, 1.54) is 89.9 Å². The molecule has 2 heterocycles. The molecule has 4 atom stereocenters. The highest BCUT2D eigenvalue weighted by molar-refractivity contribution is 7.57. The van der Waals surface area contributed by atoms with Crippen LogP contribution < -0.4 is 0 Å². The van der Waals surface area contributed by atoms with E-state index in [4.69, 9.17) is 0 Å². The van der Waals surface area contributed by atoms with Crippen molar-refractivity contribution in [3.8, 4) is 0 Å². The standard InChI is InChI=1S/C34H68N4P2/c1-31(2,3)23-35-27-17-13-14-18-28(27)36(24-32(4,5)6)39(35)21-22-40-37(25-33(7,8)9)29-19-15-16-20-30(29)38(40)26-34(10,11)12/h27-30H,13-26H2,1-12H3. The average molecular weight is 595 g/mol. The van der Waals surface area contributed by atoms with Gasteiger partial charge in [-0.25, -0.2) is 0 Å². The lowest BCUT2D eigenvalue weighted by Crippen LogP contribution is -2.43. The van der Waals surface area contributed by atoms with Gasteiger partial charge in [-0.15, -0.1) is 0 Å². The smallest absolute Gasteiger partial charge is 0.0405 e. The topological polar surface area (TPSA) is 13.0 Å². The molecule has 0 aromatic heterocycles. The normalized spacial score (nSPS) is 33.9. The highest BCUT2D eigenvalue weighted by Crippen LogP contribution is 2.64.